The lowest BCUT2D eigenvalue weighted by atomic mass is 10.4. The van der Waals surface area contributed by atoms with E-state index >= 15 is 0 Å². The van der Waals surface area contributed by atoms with E-state index in [-0.39, 0.29) is 0 Å². The van der Waals surface area contributed by atoms with Gasteiger partial charge in [0.2, 0.25) is 5.75 Å². The number of ether oxygens (including phenoxy) is 1. The van der Waals surface area contributed by atoms with Crippen LogP contribution in [0.25, 0.3) is 0 Å². The predicted octanol–water partition coefficient (Wildman–Crippen LogP) is 0.154. The minimum Gasteiger partial charge on any atom is -0.481 e. The quantitative estimate of drug-likeness (QED) is 0.571. The Morgan fingerprint density at radius 2 is 2.36 bits per heavy atom. The van der Waals surface area contributed by atoms with E-state index in [0.717, 1.165) is 0 Å². The van der Waals surface area contributed by atoms with Crippen molar-refractivity contribution in [3.8, 4) is 5.75 Å². The van der Waals surface area contributed by atoms with Gasteiger partial charge < -0.3 is 10.5 Å². The van der Waals surface area contributed by atoms with Crippen LogP contribution in [0.5, 0.6) is 5.75 Å². The number of nitrogens with two attached hydrogens (primary N) is 1. The summed E-state index contributed by atoms with van der Waals surface area (Å²) in [7, 11) is 0. The molecule has 1 aromatic rings. The van der Waals surface area contributed by atoms with Gasteiger partial charge in [-0.2, -0.15) is 0 Å². The molecule has 0 radical (unpaired) electrons. The first kappa shape index (κ1) is 6.09. The molecule has 0 bridgehead atoms. The van der Waals surface area contributed by atoms with Gasteiger partial charge in [-0.1, -0.05) is 0 Å². The van der Waals surface area contributed by atoms with E-state index in [4.69, 9.17) is 10.5 Å². The Morgan fingerprint density at radius 1 is 1.45 bits per heavy atom. The lowest BCUT2D eigenvalue weighted by Gasteiger charge is -2.10. The van der Waals surface area contributed by atoms with Gasteiger partial charge in [0.1, 0.15) is 12.9 Å². The number of fused-ring (bicyclic) bond motifs is 1. The molecule has 0 aliphatic carbocycles. The first-order valence-corrected chi connectivity index (χ1v) is 3.14. The van der Waals surface area contributed by atoms with Crippen molar-refractivity contribution < 1.29 is 4.74 Å². The number of nitrogen functional groups attached to an aromatic ring is 1. The van der Waals surface area contributed by atoms with E-state index in [2.05, 4.69) is 15.0 Å². The molecule has 5 heteroatoms. The molecule has 0 saturated carbocycles. The third-order valence-corrected chi connectivity index (χ3v) is 1.33. The molecule has 0 spiro atoms. The summed E-state index contributed by atoms with van der Waals surface area (Å²) < 4.78 is 5.15. The van der Waals surface area contributed by atoms with Crippen molar-refractivity contribution >= 4 is 17.9 Å². The van der Waals surface area contributed by atoms with Crippen LogP contribution in [0.1, 0.15) is 0 Å². The average molecular weight is 150 g/mol. The van der Waals surface area contributed by atoms with Gasteiger partial charge in [0, 0.05) is 6.21 Å². The monoisotopic (exact) mass is 150 g/mol. The van der Waals surface area contributed by atoms with Crippen molar-refractivity contribution in [3.05, 3.63) is 6.33 Å². The SMILES string of the molecule is Nc1ncnc2c1OCC=N2. The van der Waals surface area contributed by atoms with Crippen LogP contribution in [-0.4, -0.2) is 22.8 Å². The predicted molar refractivity (Wildman–Crippen MR) is 40.1 cm³/mol. The topological polar surface area (TPSA) is 73.4 Å². The van der Waals surface area contributed by atoms with Gasteiger partial charge in [0.05, 0.1) is 0 Å². The Hall–Kier alpha value is -1.65. The Bertz CT molecular complexity index is 309. The van der Waals surface area contributed by atoms with Crippen LogP contribution in [0.2, 0.25) is 0 Å². The lowest BCUT2D eigenvalue weighted by Crippen LogP contribution is -2.07. The van der Waals surface area contributed by atoms with E-state index in [1.54, 1.807) is 6.21 Å². The molecule has 11 heavy (non-hydrogen) atoms. The molecule has 2 N–H and O–H groups in total. The van der Waals surface area contributed by atoms with E-state index < -0.39 is 0 Å². The zero-order valence-electron chi connectivity index (χ0n) is 5.69. The highest BCUT2D eigenvalue weighted by Gasteiger charge is 2.11. The Morgan fingerprint density at radius 3 is 3.18 bits per heavy atom. The standard InChI is InChI=1S/C6H6N4O/c7-5-4-6(10-3-9-5)8-1-2-11-4/h1,3H,2H2,(H2,7,9,10). The normalized spacial score (nSPS) is 13.8. The molecular formula is C6H6N4O. The highest BCUT2D eigenvalue weighted by atomic mass is 16.5. The number of aromatic nitrogens is 2. The van der Waals surface area contributed by atoms with Crippen molar-refractivity contribution in [3.63, 3.8) is 0 Å². The van der Waals surface area contributed by atoms with E-state index in [0.29, 0.717) is 24.0 Å². The van der Waals surface area contributed by atoms with Crippen molar-refractivity contribution in [1.29, 1.82) is 0 Å². The summed E-state index contributed by atoms with van der Waals surface area (Å²) in [6.07, 6.45) is 3.00. The number of rotatable bonds is 0. The highest BCUT2D eigenvalue weighted by molar-refractivity contribution is 5.71. The van der Waals surface area contributed by atoms with Gasteiger partial charge in [-0.25, -0.2) is 15.0 Å². The van der Waals surface area contributed by atoms with Crippen LogP contribution in [0.15, 0.2) is 11.3 Å². The van der Waals surface area contributed by atoms with Crippen LogP contribution in [0.3, 0.4) is 0 Å². The largest absolute Gasteiger partial charge is 0.481 e. The number of nitrogens with zero attached hydrogens (tertiary/aromatic N) is 3. The zero-order chi connectivity index (χ0) is 7.68. The number of hydrogen-bond donors (Lipinski definition) is 1. The molecule has 56 valence electrons. The summed E-state index contributed by atoms with van der Waals surface area (Å²) in [6.45, 7) is 0.435. The third-order valence-electron chi connectivity index (χ3n) is 1.33. The summed E-state index contributed by atoms with van der Waals surface area (Å²) in [4.78, 5) is 11.6. The van der Waals surface area contributed by atoms with E-state index in [9.17, 15) is 0 Å². The lowest BCUT2D eigenvalue weighted by molar-refractivity contribution is 0.375. The second kappa shape index (κ2) is 2.19. The van der Waals surface area contributed by atoms with Crippen LogP contribution < -0.4 is 10.5 Å². The molecule has 5 nitrogen and oxygen atoms in total. The Kier molecular flexibility index (Phi) is 1.21. The number of aliphatic imine (C=N–C) groups is 1. The molecule has 0 fully saturated rings. The molecule has 0 atom stereocenters. The average Bonchev–Trinajstić information content (AvgIpc) is 2.06. The molecule has 0 amide bonds. The number of anilines is 1. The van der Waals surface area contributed by atoms with Crippen LogP contribution in [0, 0.1) is 0 Å². The van der Waals surface area contributed by atoms with Crippen LogP contribution in [0.4, 0.5) is 11.6 Å². The maximum atomic E-state index is 5.49. The Balaban J connectivity index is 2.60. The van der Waals surface area contributed by atoms with Crippen LogP contribution >= 0.6 is 0 Å². The molecule has 2 heterocycles. The second-order valence-corrected chi connectivity index (χ2v) is 2.03. The molecule has 0 saturated heterocycles. The molecule has 0 aromatic carbocycles. The van der Waals surface area contributed by atoms with E-state index in [1.807, 2.05) is 0 Å². The van der Waals surface area contributed by atoms with Gasteiger partial charge >= 0.3 is 0 Å². The summed E-state index contributed by atoms with van der Waals surface area (Å²) in [6, 6.07) is 0. The minimum absolute atomic E-state index is 0.340. The minimum atomic E-state index is 0.340. The van der Waals surface area contributed by atoms with Gasteiger partial charge in [-0.05, 0) is 0 Å². The van der Waals surface area contributed by atoms with Gasteiger partial charge in [-0.15, -0.1) is 0 Å². The molecular weight excluding hydrogens is 144 g/mol. The van der Waals surface area contributed by atoms with Gasteiger partial charge in [0.15, 0.2) is 11.6 Å². The van der Waals surface area contributed by atoms with Crippen molar-refractivity contribution in [2.45, 2.75) is 0 Å². The first-order chi connectivity index (χ1) is 5.38. The van der Waals surface area contributed by atoms with Crippen molar-refractivity contribution in [2.24, 2.45) is 4.99 Å². The summed E-state index contributed by atoms with van der Waals surface area (Å²) in [5.41, 5.74) is 5.49. The van der Waals surface area contributed by atoms with Gasteiger partial charge in [0.25, 0.3) is 0 Å². The molecule has 0 unspecified atom stereocenters. The molecule has 1 aliphatic rings. The third kappa shape index (κ3) is 0.899. The second-order valence-electron chi connectivity index (χ2n) is 2.03. The van der Waals surface area contributed by atoms with Crippen LogP contribution in [-0.2, 0) is 0 Å². The first-order valence-electron chi connectivity index (χ1n) is 3.14. The maximum absolute atomic E-state index is 5.49. The highest BCUT2D eigenvalue weighted by Crippen LogP contribution is 2.30. The summed E-state index contributed by atoms with van der Waals surface area (Å²) in [5.74, 6) is 1.32. The van der Waals surface area contributed by atoms with Crippen molar-refractivity contribution in [2.75, 3.05) is 12.3 Å². The smallest absolute Gasteiger partial charge is 0.206 e. The summed E-state index contributed by atoms with van der Waals surface area (Å²) in [5, 5.41) is 0. The van der Waals surface area contributed by atoms with Gasteiger partial charge in [-0.3, -0.25) is 0 Å². The Labute approximate surface area is 62.9 Å². The fraction of sp³-hybridized carbons (Fsp3) is 0.167. The fourth-order valence-corrected chi connectivity index (χ4v) is 0.852. The fourth-order valence-electron chi connectivity index (χ4n) is 0.852. The molecule has 1 aromatic heterocycles. The van der Waals surface area contributed by atoms with Crippen molar-refractivity contribution in [1.82, 2.24) is 9.97 Å². The zero-order valence-corrected chi connectivity index (χ0v) is 5.69. The van der Waals surface area contributed by atoms with E-state index in [1.165, 1.54) is 6.33 Å². The number of hydrogen-bond acceptors (Lipinski definition) is 5. The summed E-state index contributed by atoms with van der Waals surface area (Å²) >= 11 is 0. The molecule has 1 aliphatic heterocycles. The maximum Gasteiger partial charge on any atom is 0.206 e. The molecule has 2 rings (SSSR count).